The van der Waals surface area contributed by atoms with Crippen molar-refractivity contribution in [3.8, 4) is 11.4 Å². The van der Waals surface area contributed by atoms with Gasteiger partial charge in [0.05, 0.1) is 28.7 Å². The van der Waals surface area contributed by atoms with Crippen molar-refractivity contribution in [3.05, 3.63) is 86.4 Å². The highest BCUT2D eigenvalue weighted by Crippen LogP contribution is 2.29. The highest BCUT2D eigenvalue weighted by molar-refractivity contribution is 6.29. The quantitative estimate of drug-likeness (QED) is 0.336. The van der Waals surface area contributed by atoms with E-state index in [-0.39, 0.29) is 22.4 Å². The van der Waals surface area contributed by atoms with Crippen molar-refractivity contribution in [1.82, 2.24) is 14.5 Å². The molecule has 0 amide bonds. The molecule has 2 N–H and O–H groups in total. The molecule has 10 heteroatoms. The molecule has 0 spiro atoms. The molecule has 1 aliphatic heterocycles. The lowest BCUT2D eigenvalue weighted by Crippen LogP contribution is -2.22. The number of hydrogen-bond acceptors (Lipinski definition) is 7. The van der Waals surface area contributed by atoms with E-state index in [1.165, 1.54) is 10.6 Å². The number of nitrogens with one attached hydrogen (secondary N) is 1. The topological polar surface area (TPSA) is 119 Å². The second-order valence-electron chi connectivity index (χ2n) is 9.42. The molecule has 3 heterocycles. The number of fused-ring (bicyclic) bond motifs is 1. The first-order valence-corrected chi connectivity index (χ1v) is 12.5. The Hall–Kier alpha value is -4.24. The number of aryl methyl sites for hydroxylation is 1. The number of aromatic carboxylic acids is 1. The van der Waals surface area contributed by atoms with Crippen molar-refractivity contribution < 1.29 is 14.6 Å². The summed E-state index contributed by atoms with van der Waals surface area (Å²) in [4.78, 5) is 38.6. The smallest absolute Gasteiger partial charge is 0.356 e. The van der Waals surface area contributed by atoms with Gasteiger partial charge in [0.2, 0.25) is 5.90 Å². The van der Waals surface area contributed by atoms with Crippen molar-refractivity contribution in [2.24, 2.45) is 12.0 Å². The normalized spacial score (nSPS) is 15.7. The molecule has 0 radical (unpaired) electrons. The summed E-state index contributed by atoms with van der Waals surface area (Å²) >= 11 is 5.91. The Kier molecular flexibility index (Phi) is 6.62. The second kappa shape index (κ2) is 9.90. The molecule has 0 fully saturated rings. The average molecular weight is 532 g/mol. The molecule has 194 valence electrons. The van der Waals surface area contributed by atoms with Crippen LogP contribution in [0.25, 0.3) is 22.3 Å². The number of aliphatic imine (C=N–C) groups is 1. The van der Waals surface area contributed by atoms with Crippen LogP contribution in [-0.4, -0.2) is 44.2 Å². The molecule has 2 aromatic carbocycles. The third kappa shape index (κ3) is 4.72. The van der Waals surface area contributed by atoms with Gasteiger partial charge in [-0.25, -0.2) is 19.8 Å². The van der Waals surface area contributed by atoms with Gasteiger partial charge in [-0.2, -0.15) is 0 Å². The Morgan fingerprint density at radius 3 is 2.53 bits per heavy atom. The van der Waals surface area contributed by atoms with Crippen molar-refractivity contribution in [2.45, 2.75) is 32.9 Å². The average Bonchev–Trinajstić information content (AvgIpc) is 3.33. The number of nitrogens with zero attached hydrogens (tertiary/aromatic N) is 4. The second-order valence-corrected chi connectivity index (χ2v) is 9.81. The number of pyridine rings is 1. The summed E-state index contributed by atoms with van der Waals surface area (Å²) in [6.07, 6.45) is 0. The molecular weight excluding hydrogens is 506 g/mol. The van der Waals surface area contributed by atoms with Crippen molar-refractivity contribution in [3.63, 3.8) is 0 Å². The number of ether oxygens (including phenoxy) is 1. The molecule has 1 aliphatic rings. The van der Waals surface area contributed by atoms with E-state index in [0.717, 1.165) is 22.3 Å². The Labute approximate surface area is 223 Å². The van der Waals surface area contributed by atoms with Crippen LogP contribution in [0.15, 0.2) is 58.3 Å². The lowest BCUT2D eigenvalue weighted by Gasteiger charge is -2.20. The summed E-state index contributed by atoms with van der Waals surface area (Å²) in [5.41, 5.74) is 3.76. The van der Waals surface area contributed by atoms with Gasteiger partial charge < -0.3 is 15.2 Å². The molecule has 0 bridgehead atoms. The molecular formula is C28H26ClN5O4. The number of rotatable bonds is 6. The van der Waals surface area contributed by atoms with Crippen molar-refractivity contribution >= 4 is 40.1 Å². The summed E-state index contributed by atoms with van der Waals surface area (Å²) in [6.45, 7) is 6.35. The zero-order chi connectivity index (χ0) is 27.1. The zero-order valence-corrected chi connectivity index (χ0v) is 22.1. The minimum Gasteiger partial charge on any atom is -0.476 e. The van der Waals surface area contributed by atoms with Crippen LogP contribution in [0.4, 0.5) is 5.69 Å². The van der Waals surface area contributed by atoms with Crippen LogP contribution in [0, 0.1) is 6.92 Å². The van der Waals surface area contributed by atoms with Crippen LogP contribution >= 0.6 is 11.6 Å². The van der Waals surface area contributed by atoms with Gasteiger partial charge >= 0.3 is 5.97 Å². The van der Waals surface area contributed by atoms with Crippen LogP contribution in [0.1, 0.15) is 47.1 Å². The minimum atomic E-state index is -1.20. The summed E-state index contributed by atoms with van der Waals surface area (Å²) < 4.78 is 7.19. The lowest BCUT2D eigenvalue weighted by atomic mass is 10.0. The summed E-state index contributed by atoms with van der Waals surface area (Å²) in [7, 11) is 1.70. The van der Waals surface area contributed by atoms with E-state index in [1.54, 1.807) is 13.1 Å². The van der Waals surface area contributed by atoms with Gasteiger partial charge in [-0.3, -0.25) is 9.36 Å². The SMILES string of the molecule is Cc1cc([C@@H](C)Nc2ccc(Cl)nc2C(=O)O)c2nc(-c3ccc(C4=N[C@@H](C)CO4)cc3)n(C)c(=O)c2c1. The third-order valence-electron chi connectivity index (χ3n) is 6.45. The Balaban J connectivity index is 1.59. The van der Waals surface area contributed by atoms with Gasteiger partial charge in [-0.1, -0.05) is 29.8 Å². The number of hydrogen-bond donors (Lipinski definition) is 2. The van der Waals surface area contributed by atoms with Crippen LogP contribution in [0.5, 0.6) is 0 Å². The number of anilines is 1. The van der Waals surface area contributed by atoms with Gasteiger partial charge in [0.25, 0.3) is 5.56 Å². The third-order valence-corrected chi connectivity index (χ3v) is 6.66. The van der Waals surface area contributed by atoms with Crippen molar-refractivity contribution in [2.75, 3.05) is 11.9 Å². The highest BCUT2D eigenvalue weighted by Gasteiger charge is 2.21. The van der Waals surface area contributed by atoms with E-state index in [4.69, 9.17) is 21.3 Å². The molecule has 38 heavy (non-hydrogen) atoms. The first kappa shape index (κ1) is 25.4. The van der Waals surface area contributed by atoms with Crippen LogP contribution in [0.3, 0.4) is 0 Å². The fourth-order valence-electron chi connectivity index (χ4n) is 4.56. The molecule has 4 aromatic rings. The molecule has 5 rings (SSSR count). The van der Waals surface area contributed by atoms with E-state index in [9.17, 15) is 14.7 Å². The molecule has 9 nitrogen and oxygen atoms in total. The predicted octanol–water partition coefficient (Wildman–Crippen LogP) is 4.99. The van der Waals surface area contributed by atoms with Crippen molar-refractivity contribution in [1.29, 1.82) is 0 Å². The molecule has 0 saturated carbocycles. The fraction of sp³-hybridized carbons (Fsp3) is 0.250. The molecule has 2 atom stereocenters. The number of halogens is 1. The Morgan fingerprint density at radius 2 is 1.87 bits per heavy atom. The van der Waals surface area contributed by atoms with Gasteiger partial charge in [0.1, 0.15) is 17.6 Å². The summed E-state index contributed by atoms with van der Waals surface area (Å²) in [6, 6.07) is 14.2. The van der Waals surface area contributed by atoms with Crippen LogP contribution in [-0.2, 0) is 11.8 Å². The number of carboxylic acids is 1. The number of carboxylic acid groups (broad SMARTS) is 1. The maximum atomic E-state index is 13.5. The predicted molar refractivity (Wildman–Crippen MR) is 147 cm³/mol. The Bertz CT molecular complexity index is 1660. The maximum Gasteiger partial charge on any atom is 0.356 e. The Morgan fingerprint density at radius 1 is 1.16 bits per heavy atom. The maximum absolute atomic E-state index is 13.5. The summed E-state index contributed by atoms with van der Waals surface area (Å²) in [5, 5.41) is 13.4. The van der Waals surface area contributed by atoms with E-state index in [2.05, 4.69) is 15.3 Å². The van der Waals surface area contributed by atoms with Gasteiger partial charge in [0.15, 0.2) is 5.69 Å². The standard InChI is InChI=1S/C28H26ClN5O4/c1-14-11-19(16(3)31-21-9-10-22(29)32-24(21)28(36)37)23-20(12-14)27(35)34(4)25(33-23)17-5-7-18(8-6-17)26-30-15(2)13-38-26/h5-12,15-16,31H,13H2,1-4H3,(H,36,37)/t15-,16+/m0/s1. The van der Waals surface area contributed by atoms with Gasteiger partial charge in [-0.05, 0) is 56.7 Å². The minimum absolute atomic E-state index is 0.0866. The molecule has 0 unspecified atom stereocenters. The molecule has 0 aliphatic carbocycles. The first-order chi connectivity index (χ1) is 18.1. The first-order valence-electron chi connectivity index (χ1n) is 12.1. The molecule has 0 saturated heterocycles. The highest BCUT2D eigenvalue weighted by atomic mass is 35.5. The number of carbonyl (C=O) groups is 1. The van der Waals surface area contributed by atoms with Crippen LogP contribution < -0.4 is 10.9 Å². The summed E-state index contributed by atoms with van der Waals surface area (Å²) in [5.74, 6) is -0.0784. The number of benzene rings is 2. The van der Waals surface area contributed by atoms with E-state index in [0.29, 0.717) is 34.9 Å². The van der Waals surface area contributed by atoms with Gasteiger partial charge in [0, 0.05) is 23.7 Å². The van der Waals surface area contributed by atoms with E-state index < -0.39 is 12.0 Å². The van der Waals surface area contributed by atoms with Gasteiger partial charge in [-0.15, -0.1) is 0 Å². The largest absolute Gasteiger partial charge is 0.476 e. The van der Waals surface area contributed by atoms with E-state index in [1.807, 2.05) is 57.2 Å². The fourth-order valence-corrected chi connectivity index (χ4v) is 4.71. The van der Waals surface area contributed by atoms with E-state index >= 15 is 0 Å². The lowest BCUT2D eigenvalue weighted by molar-refractivity contribution is 0.0691. The number of aromatic nitrogens is 3. The molecule has 2 aromatic heterocycles. The zero-order valence-electron chi connectivity index (χ0n) is 21.3. The van der Waals surface area contributed by atoms with Crippen LogP contribution in [0.2, 0.25) is 5.15 Å². The monoisotopic (exact) mass is 531 g/mol.